The highest BCUT2D eigenvalue weighted by molar-refractivity contribution is 5.67. The summed E-state index contributed by atoms with van der Waals surface area (Å²) in [5.41, 5.74) is 1.44. The van der Waals surface area contributed by atoms with Crippen molar-refractivity contribution in [3.8, 4) is 0 Å². The summed E-state index contributed by atoms with van der Waals surface area (Å²) in [4.78, 5) is 14.0. The van der Waals surface area contributed by atoms with Crippen molar-refractivity contribution in [2.24, 2.45) is 0 Å². The number of imidazole rings is 1. The average molecular weight is 218 g/mol. The first-order valence-corrected chi connectivity index (χ1v) is 5.12. The Morgan fingerprint density at radius 1 is 1.56 bits per heavy atom. The van der Waals surface area contributed by atoms with Crippen molar-refractivity contribution in [2.75, 3.05) is 5.32 Å². The number of pyridine rings is 1. The minimum Gasteiger partial charge on any atom is -0.382 e. The molecule has 1 aliphatic rings. The van der Waals surface area contributed by atoms with Crippen molar-refractivity contribution in [3.63, 3.8) is 0 Å². The van der Waals surface area contributed by atoms with E-state index in [-0.39, 0.29) is 5.82 Å². The van der Waals surface area contributed by atoms with Crippen LogP contribution in [0.1, 0.15) is 12.8 Å². The molecule has 0 aliphatic heterocycles. The molecule has 1 fully saturated rings. The zero-order valence-electron chi connectivity index (χ0n) is 8.46. The molecular formula is C10H10N4O2. The largest absolute Gasteiger partial charge is 0.389 e. The lowest BCUT2D eigenvalue weighted by Gasteiger charge is -2.03. The lowest BCUT2D eigenvalue weighted by atomic mass is 10.3. The van der Waals surface area contributed by atoms with Crippen LogP contribution in [-0.4, -0.2) is 20.3 Å². The van der Waals surface area contributed by atoms with Crippen molar-refractivity contribution in [3.05, 3.63) is 34.8 Å². The van der Waals surface area contributed by atoms with E-state index in [1.165, 1.54) is 19.2 Å². The Kier molecular flexibility index (Phi) is 1.82. The molecule has 1 aliphatic carbocycles. The summed E-state index contributed by atoms with van der Waals surface area (Å²) in [6, 6.07) is 4.20. The van der Waals surface area contributed by atoms with Gasteiger partial charge in [-0.1, -0.05) is 0 Å². The minimum atomic E-state index is -0.462. The van der Waals surface area contributed by atoms with E-state index in [1.54, 1.807) is 16.7 Å². The molecule has 82 valence electrons. The molecule has 2 aromatic heterocycles. The SMILES string of the molecule is O=[N+]([O-])c1ncn2ccc(NC3CC3)cc12. The van der Waals surface area contributed by atoms with Crippen LogP contribution in [-0.2, 0) is 0 Å². The van der Waals surface area contributed by atoms with Gasteiger partial charge < -0.3 is 15.4 Å². The van der Waals surface area contributed by atoms with Crippen LogP contribution in [0.2, 0.25) is 0 Å². The lowest BCUT2D eigenvalue weighted by molar-refractivity contribution is -0.387. The van der Waals surface area contributed by atoms with Crippen molar-refractivity contribution in [1.29, 1.82) is 0 Å². The third-order valence-electron chi connectivity index (χ3n) is 2.64. The molecule has 0 spiro atoms. The fourth-order valence-electron chi connectivity index (χ4n) is 1.67. The molecule has 0 atom stereocenters. The van der Waals surface area contributed by atoms with E-state index in [0.717, 1.165) is 5.69 Å². The third kappa shape index (κ3) is 1.48. The van der Waals surface area contributed by atoms with Gasteiger partial charge >= 0.3 is 5.82 Å². The van der Waals surface area contributed by atoms with Crippen molar-refractivity contribution in [2.45, 2.75) is 18.9 Å². The van der Waals surface area contributed by atoms with Gasteiger partial charge in [-0.25, -0.2) is 0 Å². The molecule has 0 bridgehead atoms. The van der Waals surface area contributed by atoms with Gasteiger partial charge in [-0.3, -0.25) is 4.40 Å². The molecule has 16 heavy (non-hydrogen) atoms. The molecule has 0 aromatic carbocycles. The molecule has 1 N–H and O–H groups in total. The third-order valence-corrected chi connectivity index (χ3v) is 2.64. The summed E-state index contributed by atoms with van der Waals surface area (Å²) in [6.45, 7) is 0. The summed E-state index contributed by atoms with van der Waals surface area (Å²) in [5, 5.41) is 14.0. The predicted molar refractivity (Wildman–Crippen MR) is 58.5 cm³/mol. The van der Waals surface area contributed by atoms with E-state index in [4.69, 9.17) is 0 Å². The van der Waals surface area contributed by atoms with Crippen LogP contribution in [0.25, 0.3) is 5.52 Å². The van der Waals surface area contributed by atoms with E-state index >= 15 is 0 Å². The predicted octanol–water partition coefficient (Wildman–Crippen LogP) is 1.82. The summed E-state index contributed by atoms with van der Waals surface area (Å²) in [6.07, 6.45) is 5.58. The van der Waals surface area contributed by atoms with Crippen molar-refractivity contribution in [1.82, 2.24) is 9.38 Å². The second kappa shape index (κ2) is 3.19. The Hall–Kier alpha value is -2.11. The summed E-state index contributed by atoms with van der Waals surface area (Å²) < 4.78 is 1.65. The fourth-order valence-corrected chi connectivity index (χ4v) is 1.67. The molecule has 1 saturated carbocycles. The minimum absolute atomic E-state index is 0.0977. The molecule has 0 saturated heterocycles. The monoisotopic (exact) mass is 218 g/mol. The molecule has 6 heteroatoms. The quantitative estimate of drug-likeness (QED) is 0.630. The number of aromatic nitrogens is 2. The highest BCUT2D eigenvalue weighted by Crippen LogP contribution is 2.27. The number of anilines is 1. The lowest BCUT2D eigenvalue weighted by Crippen LogP contribution is -2.01. The van der Waals surface area contributed by atoms with Crippen LogP contribution in [0, 0.1) is 10.1 Å². The summed E-state index contributed by atoms with van der Waals surface area (Å²) in [7, 11) is 0. The van der Waals surface area contributed by atoms with E-state index < -0.39 is 4.92 Å². The van der Waals surface area contributed by atoms with E-state index in [1.807, 2.05) is 6.07 Å². The number of nitrogens with one attached hydrogen (secondary N) is 1. The van der Waals surface area contributed by atoms with Gasteiger partial charge in [-0.05, 0) is 34.9 Å². The zero-order valence-corrected chi connectivity index (χ0v) is 8.46. The van der Waals surface area contributed by atoms with Crippen molar-refractivity contribution < 1.29 is 4.92 Å². The number of rotatable bonds is 3. The first-order valence-electron chi connectivity index (χ1n) is 5.12. The van der Waals surface area contributed by atoms with Gasteiger partial charge in [0.25, 0.3) is 0 Å². The first kappa shape index (κ1) is 9.14. The standard InChI is InChI=1S/C10H10N4O2/c15-14(16)10-9-5-8(12-7-1-2-7)3-4-13(9)6-11-10/h3-7,12H,1-2H2. The van der Waals surface area contributed by atoms with Gasteiger partial charge in [0.15, 0.2) is 0 Å². The number of fused-ring (bicyclic) bond motifs is 1. The highest BCUT2D eigenvalue weighted by atomic mass is 16.6. The molecular weight excluding hydrogens is 208 g/mol. The summed E-state index contributed by atoms with van der Waals surface area (Å²) >= 11 is 0. The van der Waals surface area contributed by atoms with Gasteiger partial charge in [-0.15, -0.1) is 0 Å². The van der Waals surface area contributed by atoms with Crippen LogP contribution < -0.4 is 5.32 Å². The molecule has 6 nitrogen and oxygen atoms in total. The Morgan fingerprint density at radius 2 is 2.38 bits per heavy atom. The van der Waals surface area contributed by atoms with Gasteiger partial charge in [0.1, 0.15) is 5.52 Å². The van der Waals surface area contributed by atoms with Gasteiger partial charge in [0.05, 0.1) is 0 Å². The molecule has 3 rings (SSSR count). The molecule has 0 radical (unpaired) electrons. The van der Waals surface area contributed by atoms with Crippen LogP contribution in [0.5, 0.6) is 0 Å². The fraction of sp³-hybridized carbons (Fsp3) is 0.300. The highest BCUT2D eigenvalue weighted by Gasteiger charge is 2.22. The number of hydrogen-bond donors (Lipinski definition) is 1. The normalized spacial score (nSPS) is 15.2. The zero-order chi connectivity index (χ0) is 11.1. The van der Waals surface area contributed by atoms with E-state index in [2.05, 4.69) is 10.3 Å². The van der Waals surface area contributed by atoms with E-state index in [0.29, 0.717) is 11.6 Å². The molecule has 0 amide bonds. The Labute approximate surface area is 91.1 Å². The Balaban J connectivity index is 2.05. The maximum absolute atomic E-state index is 10.7. The van der Waals surface area contributed by atoms with E-state index in [9.17, 15) is 10.1 Å². The average Bonchev–Trinajstić information content (AvgIpc) is 2.96. The second-order valence-corrected chi connectivity index (χ2v) is 3.95. The molecule has 0 unspecified atom stereocenters. The first-order chi connectivity index (χ1) is 7.74. The Bertz CT molecular complexity index is 559. The summed E-state index contributed by atoms with van der Waals surface area (Å²) in [5.74, 6) is -0.0977. The van der Waals surface area contributed by atoms with Gasteiger partial charge in [0.2, 0.25) is 6.33 Å². The van der Waals surface area contributed by atoms with Crippen LogP contribution in [0.15, 0.2) is 24.7 Å². The maximum Gasteiger partial charge on any atom is 0.389 e. The Morgan fingerprint density at radius 3 is 3.06 bits per heavy atom. The van der Waals surface area contributed by atoms with Crippen LogP contribution in [0.4, 0.5) is 11.5 Å². The van der Waals surface area contributed by atoms with Crippen molar-refractivity contribution >= 4 is 17.0 Å². The second-order valence-electron chi connectivity index (χ2n) is 3.95. The van der Waals surface area contributed by atoms with Gasteiger partial charge in [-0.2, -0.15) is 0 Å². The smallest absolute Gasteiger partial charge is 0.382 e. The number of nitrogens with zero attached hydrogens (tertiary/aromatic N) is 3. The number of nitro groups is 1. The van der Waals surface area contributed by atoms with Gasteiger partial charge in [0, 0.05) is 17.9 Å². The topological polar surface area (TPSA) is 72.5 Å². The maximum atomic E-state index is 10.7. The molecule has 2 heterocycles. The molecule has 2 aromatic rings. The van der Waals surface area contributed by atoms with Crippen LogP contribution in [0.3, 0.4) is 0 Å². The number of hydrogen-bond acceptors (Lipinski definition) is 4. The van der Waals surface area contributed by atoms with Crippen LogP contribution >= 0.6 is 0 Å².